The lowest BCUT2D eigenvalue weighted by molar-refractivity contribution is -0.115. The molecule has 1 N–H and O–H groups in total. The summed E-state index contributed by atoms with van der Waals surface area (Å²) in [6.45, 7) is 1.89. The van der Waals surface area contributed by atoms with Crippen molar-refractivity contribution in [1.29, 1.82) is 5.26 Å². The number of amides is 1. The molecule has 6 heteroatoms. The molecular formula is C16H13N5O. The van der Waals surface area contributed by atoms with Gasteiger partial charge in [0.1, 0.15) is 6.42 Å². The molecule has 22 heavy (non-hydrogen) atoms. The minimum Gasteiger partial charge on any atom is -0.324 e. The maximum absolute atomic E-state index is 11.5. The number of fused-ring (bicyclic) bond motifs is 1. The fraction of sp³-hybridized carbons (Fsp3) is 0.125. The standard InChI is InChI=1S/C16H13N5O/c1-11-14-9-12(19-15(22)7-8-17)10-18-16(14)21(20-11)13-5-3-2-4-6-13/h2-6,9-10H,7H2,1H3,(H,19,22). The number of rotatable bonds is 3. The van der Waals surface area contributed by atoms with Crippen molar-refractivity contribution in [3.8, 4) is 11.8 Å². The Kier molecular flexibility index (Phi) is 3.54. The zero-order chi connectivity index (χ0) is 15.5. The van der Waals surface area contributed by atoms with E-state index in [4.69, 9.17) is 5.26 Å². The van der Waals surface area contributed by atoms with Crippen LogP contribution in [0.1, 0.15) is 12.1 Å². The number of nitriles is 1. The molecule has 2 aromatic heterocycles. The number of nitrogens with zero attached hydrogens (tertiary/aromatic N) is 4. The molecule has 0 aliphatic carbocycles. The number of para-hydroxylation sites is 1. The van der Waals surface area contributed by atoms with Crippen molar-refractivity contribution in [1.82, 2.24) is 14.8 Å². The number of anilines is 1. The number of carbonyl (C=O) groups is 1. The summed E-state index contributed by atoms with van der Waals surface area (Å²) in [5.74, 6) is -0.350. The topological polar surface area (TPSA) is 83.6 Å². The fourth-order valence-electron chi connectivity index (χ4n) is 2.24. The molecule has 0 saturated carbocycles. The number of hydrogen-bond donors (Lipinski definition) is 1. The summed E-state index contributed by atoms with van der Waals surface area (Å²) < 4.78 is 1.77. The van der Waals surface area contributed by atoms with Gasteiger partial charge in [-0.05, 0) is 25.1 Å². The van der Waals surface area contributed by atoms with Crippen molar-refractivity contribution < 1.29 is 4.79 Å². The highest BCUT2D eigenvalue weighted by molar-refractivity contribution is 5.94. The lowest BCUT2D eigenvalue weighted by atomic mass is 10.2. The molecule has 3 aromatic rings. The van der Waals surface area contributed by atoms with Gasteiger partial charge < -0.3 is 5.32 Å². The first kappa shape index (κ1) is 13.8. The van der Waals surface area contributed by atoms with E-state index in [9.17, 15) is 4.79 Å². The van der Waals surface area contributed by atoms with Crippen molar-refractivity contribution in [3.63, 3.8) is 0 Å². The van der Waals surface area contributed by atoms with Gasteiger partial charge in [-0.2, -0.15) is 10.4 Å². The first-order chi connectivity index (χ1) is 10.7. The van der Waals surface area contributed by atoms with Crippen molar-refractivity contribution in [3.05, 3.63) is 48.3 Å². The number of pyridine rings is 1. The zero-order valence-corrected chi connectivity index (χ0v) is 11.9. The Morgan fingerprint density at radius 3 is 2.86 bits per heavy atom. The molecule has 0 radical (unpaired) electrons. The van der Waals surface area contributed by atoms with E-state index < -0.39 is 0 Å². The van der Waals surface area contributed by atoms with Gasteiger partial charge in [0.25, 0.3) is 0 Å². The van der Waals surface area contributed by atoms with Gasteiger partial charge in [0.2, 0.25) is 5.91 Å². The molecule has 1 aromatic carbocycles. The summed E-state index contributed by atoms with van der Waals surface area (Å²) in [5, 5.41) is 16.5. The maximum atomic E-state index is 11.5. The van der Waals surface area contributed by atoms with Crippen LogP contribution in [0.25, 0.3) is 16.7 Å². The average Bonchev–Trinajstić information content (AvgIpc) is 2.85. The van der Waals surface area contributed by atoms with Crippen LogP contribution in [0.3, 0.4) is 0 Å². The van der Waals surface area contributed by atoms with Gasteiger partial charge >= 0.3 is 0 Å². The Bertz CT molecular complexity index is 877. The number of aryl methyl sites for hydroxylation is 1. The molecule has 108 valence electrons. The quantitative estimate of drug-likeness (QED) is 0.804. The predicted molar refractivity (Wildman–Crippen MR) is 82.5 cm³/mol. The normalized spacial score (nSPS) is 10.4. The van der Waals surface area contributed by atoms with Crippen LogP contribution < -0.4 is 5.32 Å². The number of hydrogen-bond acceptors (Lipinski definition) is 4. The molecule has 0 spiro atoms. The molecule has 0 bridgehead atoms. The Hall–Kier alpha value is -3.20. The van der Waals surface area contributed by atoms with E-state index in [0.717, 1.165) is 22.4 Å². The number of benzene rings is 1. The van der Waals surface area contributed by atoms with Gasteiger partial charge in [-0.15, -0.1) is 0 Å². The number of nitrogens with one attached hydrogen (secondary N) is 1. The largest absolute Gasteiger partial charge is 0.324 e. The molecule has 2 heterocycles. The zero-order valence-electron chi connectivity index (χ0n) is 11.9. The van der Waals surface area contributed by atoms with Gasteiger partial charge in [-0.3, -0.25) is 4.79 Å². The third-order valence-electron chi connectivity index (χ3n) is 3.23. The third kappa shape index (κ3) is 2.52. The van der Waals surface area contributed by atoms with Crippen molar-refractivity contribution in [2.24, 2.45) is 0 Å². The molecule has 0 fully saturated rings. The van der Waals surface area contributed by atoms with Crippen molar-refractivity contribution >= 4 is 22.6 Å². The van der Waals surface area contributed by atoms with Crippen LogP contribution in [-0.4, -0.2) is 20.7 Å². The Balaban J connectivity index is 2.03. The smallest absolute Gasteiger partial charge is 0.238 e. The van der Waals surface area contributed by atoms with Crippen molar-refractivity contribution in [2.45, 2.75) is 13.3 Å². The maximum Gasteiger partial charge on any atom is 0.238 e. The van der Waals surface area contributed by atoms with E-state index in [1.165, 1.54) is 0 Å². The van der Waals surface area contributed by atoms with Crippen LogP contribution in [0.15, 0.2) is 42.6 Å². The molecule has 0 aliphatic rings. The molecule has 0 atom stereocenters. The van der Waals surface area contributed by atoms with Crippen LogP contribution in [-0.2, 0) is 4.79 Å². The highest BCUT2D eigenvalue weighted by Crippen LogP contribution is 2.22. The molecule has 1 amide bonds. The minimum absolute atomic E-state index is 0.180. The first-order valence-corrected chi connectivity index (χ1v) is 6.76. The predicted octanol–water partition coefficient (Wildman–Crippen LogP) is 2.58. The van der Waals surface area contributed by atoms with E-state index in [1.807, 2.05) is 49.4 Å². The van der Waals surface area contributed by atoms with E-state index in [-0.39, 0.29) is 12.3 Å². The summed E-state index contributed by atoms with van der Waals surface area (Å²) in [4.78, 5) is 15.9. The fourth-order valence-corrected chi connectivity index (χ4v) is 2.24. The molecule has 0 aliphatic heterocycles. The third-order valence-corrected chi connectivity index (χ3v) is 3.23. The summed E-state index contributed by atoms with van der Waals surface area (Å²) in [7, 11) is 0. The summed E-state index contributed by atoms with van der Waals surface area (Å²) in [5.41, 5.74) is 3.03. The Morgan fingerprint density at radius 2 is 2.14 bits per heavy atom. The van der Waals surface area contributed by atoms with Crippen LogP contribution in [0.5, 0.6) is 0 Å². The van der Waals surface area contributed by atoms with Crippen LogP contribution in [0.2, 0.25) is 0 Å². The Labute approximate surface area is 127 Å². The second-order valence-corrected chi connectivity index (χ2v) is 4.81. The summed E-state index contributed by atoms with van der Waals surface area (Å²) >= 11 is 0. The van der Waals surface area contributed by atoms with Gasteiger partial charge in [0.05, 0.1) is 29.3 Å². The number of aromatic nitrogens is 3. The van der Waals surface area contributed by atoms with E-state index in [1.54, 1.807) is 10.9 Å². The lowest BCUT2D eigenvalue weighted by Gasteiger charge is -2.04. The van der Waals surface area contributed by atoms with Crippen LogP contribution >= 0.6 is 0 Å². The summed E-state index contributed by atoms with van der Waals surface area (Å²) in [6, 6.07) is 13.4. The van der Waals surface area contributed by atoms with E-state index >= 15 is 0 Å². The molecular weight excluding hydrogens is 278 g/mol. The van der Waals surface area contributed by atoms with E-state index in [2.05, 4.69) is 15.4 Å². The second-order valence-electron chi connectivity index (χ2n) is 4.81. The van der Waals surface area contributed by atoms with Crippen LogP contribution in [0.4, 0.5) is 5.69 Å². The van der Waals surface area contributed by atoms with Gasteiger partial charge in [-0.1, -0.05) is 18.2 Å². The monoisotopic (exact) mass is 291 g/mol. The highest BCUT2D eigenvalue weighted by Gasteiger charge is 2.11. The lowest BCUT2D eigenvalue weighted by Crippen LogP contribution is -2.10. The molecule has 3 rings (SSSR count). The second kappa shape index (κ2) is 5.66. The van der Waals surface area contributed by atoms with E-state index in [0.29, 0.717) is 5.69 Å². The van der Waals surface area contributed by atoms with Gasteiger partial charge in [-0.25, -0.2) is 9.67 Å². The van der Waals surface area contributed by atoms with Crippen molar-refractivity contribution in [2.75, 3.05) is 5.32 Å². The summed E-state index contributed by atoms with van der Waals surface area (Å²) in [6.07, 6.45) is 1.39. The Morgan fingerprint density at radius 1 is 1.36 bits per heavy atom. The van der Waals surface area contributed by atoms with Gasteiger partial charge in [0.15, 0.2) is 5.65 Å². The highest BCUT2D eigenvalue weighted by atomic mass is 16.1. The average molecular weight is 291 g/mol. The van der Waals surface area contributed by atoms with Gasteiger partial charge in [0, 0.05) is 5.39 Å². The first-order valence-electron chi connectivity index (χ1n) is 6.76. The minimum atomic E-state index is -0.350. The SMILES string of the molecule is Cc1nn(-c2ccccc2)c2ncc(NC(=O)CC#N)cc12. The number of carbonyl (C=O) groups excluding carboxylic acids is 1. The molecule has 0 saturated heterocycles. The van der Waals surface area contributed by atoms with Crippen LogP contribution in [0, 0.1) is 18.3 Å². The molecule has 0 unspecified atom stereocenters. The molecule has 6 nitrogen and oxygen atoms in total.